The second-order valence-corrected chi connectivity index (χ2v) is 4.46. The molecule has 0 radical (unpaired) electrons. The number of hydrogen-bond donors (Lipinski definition) is 1. The summed E-state index contributed by atoms with van der Waals surface area (Å²) in [6, 6.07) is 4.99. The maximum atomic E-state index is 11.4. The third-order valence-electron chi connectivity index (χ3n) is 2.14. The number of nitrogens with one attached hydrogen (secondary N) is 1. The SMILES string of the molecule is CC=CC(=O)OCC(=O)NCc1ccc(Cl)cc1Cl. The molecule has 0 bridgehead atoms. The molecule has 0 unspecified atom stereocenters. The van der Waals surface area contributed by atoms with Crippen LogP contribution in [0.4, 0.5) is 0 Å². The van der Waals surface area contributed by atoms with E-state index in [1.165, 1.54) is 12.2 Å². The van der Waals surface area contributed by atoms with Crippen molar-refractivity contribution in [1.29, 1.82) is 0 Å². The highest BCUT2D eigenvalue weighted by Crippen LogP contribution is 2.20. The monoisotopic (exact) mass is 301 g/mol. The van der Waals surface area contributed by atoms with Gasteiger partial charge < -0.3 is 10.1 Å². The average molecular weight is 302 g/mol. The Morgan fingerprint density at radius 1 is 1.37 bits per heavy atom. The van der Waals surface area contributed by atoms with E-state index in [-0.39, 0.29) is 13.2 Å². The van der Waals surface area contributed by atoms with Crippen molar-refractivity contribution < 1.29 is 14.3 Å². The van der Waals surface area contributed by atoms with Crippen LogP contribution in [-0.4, -0.2) is 18.5 Å². The fraction of sp³-hybridized carbons (Fsp3) is 0.231. The standard InChI is InChI=1S/C13H13Cl2NO3/c1-2-3-13(18)19-8-12(17)16-7-9-4-5-10(14)6-11(9)15/h2-6H,7-8H2,1H3,(H,16,17). The molecule has 1 N–H and O–H groups in total. The van der Waals surface area contributed by atoms with Gasteiger partial charge in [0.25, 0.3) is 5.91 Å². The number of amides is 1. The molecule has 102 valence electrons. The minimum Gasteiger partial charge on any atom is -0.452 e. The second kappa shape index (κ2) is 7.81. The summed E-state index contributed by atoms with van der Waals surface area (Å²) in [5, 5.41) is 3.59. The smallest absolute Gasteiger partial charge is 0.330 e. The summed E-state index contributed by atoms with van der Waals surface area (Å²) < 4.78 is 4.69. The van der Waals surface area contributed by atoms with Gasteiger partial charge in [0, 0.05) is 22.7 Å². The van der Waals surface area contributed by atoms with Crippen molar-refractivity contribution in [2.45, 2.75) is 13.5 Å². The van der Waals surface area contributed by atoms with E-state index in [1.807, 2.05) is 0 Å². The molecule has 0 fully saturated rings. The van der Waals surface area contributed by atoms with Crippen LogP contribution in [0.5, 0.6) is 0 Å². The fourth-order valence-corrected chi connectivity index (χ4v) is 1.71. The molecule has 0 saturated heterocycles. The minimum atomic E-state index is -0.554. The summed E-state index contributed by atoms with van der Waals surface area (Å²) in [6.45, 7) is 1.61. The predicted molar refractivity (Wildman–Crippen MR) is 74.1 cm³/mol. The van der Waals surface area contributed by atoms with E-state index in [2.05, 4.69) is 5.32 Å². The van der Waals surface area contributed by atoms with Crippen molar-refractivity contribution in [3.63, 3.8) is 0 Å². The van der Waals surface area contributed by atoms with Crippen LogP contribution in [0.15, 0.2) is 30.4 Å². The van der Waals surface area contributed by atoms with Crippen molar-refractivity contribution >= 4 is 35.1 Å². The highest BCUT2D eigenvalue weighted by molar-refractivity contribution is 6.35. The Morgan fingerprint density at radius 2 is 2.11 bits per heavy atom. The van der Waals surface area contributed by atoms with Crippen molar-refractivity contribution in [3.8, 4) is 0 Å². The van der Waals surface area contributed by atoms with Crippen molar-refractivity contribution in [1.82, 2.24) is 5.32 Å². The van der Waals surface area contributed by atoms with E-state index in [4.69, 9.17) is 27.9 Å². The summed E-state index contributed by atoms with van der Waals surface area (Å²) >= 11 is 11.7. The highest BCUT2D eigenvalue weighted by atomic mass is 35.5. The maximum absolute atomic E-state index is 11.4. The lowest BCUT2D eigenvalue weighted by molar-refractivity contribution is -0.143. The number of allylic oxidation sites excluding steroid dienone is 1. The lowest BCUT2D eigenvalue weighted by Gasteiger charge is -2.07. The molecule has 0 aliphatic rings. The number of rotatable bonds is 5. The first-order valence-electron chi connectivity index (χ1n) is 5.53. The lowest BCUT2D eigenvalue weighted by atomic mass is 10.2. The van der Waals surface area contributed by atoms with Crippen LogP contribution in [0.2, 0.25) is 10.0 Å². The van der Waals surface area contributed by atoms with Gasteiger partial charge in [0.15, 0.2) is 6.61 Å². The molecule has 0 aromatic heterocycles. The summed E-state index contributed by atoms with van der Waals surface area (Å²) in [6.07, 6.45) is 2.77. The van der Waals surface area contributed by atoms with Gasteiger partial charge in [0.05, 0.1) is 0 Å². The molecule has 0 atom stereocenters. The third-order valence-corrected chi connectivity index (χ3v) is 2.73. The summed E-state index contributed by atoms with van der Waals surface area (Å²) in [5.74, 6) is -0.953. The van der Waals surface area contributed by atoms with E-state index in [1.54, 1.807) is 25.1 Å². The predicted octanol–water partition coefficient (Wildman–Crippen LogP) is 2.73. The molecule has 1 aromatic rings. The van der Waals surface area contributed by atoms with E-state index >= 15 is 0 Å². The Labute approximate surface area is 121 Å². The zero-order valence-electron chi connectivity index (χ0n) is 10.3. The van der Waals surface area contributed by atoms with Crippen molar-refractivity contribution in [3.05, 3.63) is 46.0 Å². The van der Waals surface area contributed by atoms with Gasteiger partial charge in [-0.3, -0.25) is 4.79 Å². The topological polar surface area (TPSA) is 55.4 Å². The van der Waals surface area contributed by atoms with E-state index < -0.39 is 11.9 Å². The highest BCUT2D eigenvalue weighted by Gasteiger charge is 2.06. The van der Waals surface area contributed by atoms with Gasteiger partial charge in [0.2, 0.25) is 0 Å². The summed E-state index contributed by atoms with van der Waals surface area (Å²) in [4.78, 5) is 22.4. The molecule has 0 spiro atoms. The van der Waals surface area contributed by atoms with Crippen LogP contribution in [0, 0.1) is 0 Å². The van der Waals surface area contributed by atoms with Crippen LogP contribution >= 0.6 is 23.2 Å². The molecule has 1 aromatic carbocycles. The normalized spacial score (nSPS) is 10.5. The quantitative estimate of drug-likeness (QED) is 0.672. The number of carbonyl (C=O) groups is 2. The fourth-order valence-electron chi connectivity index (χ4n) is 1.23. The van der Waals surface area contributed by atoms with Crippen LogP contribution < -0.4 is 5.32 Å². The largest absolute Gasteiger partial charge is 0.452 e. The summed E-state index contributed by atoms with van der Waals surface area (Å²) in [5.41, 5.74) is 0.735. The number of esters is 1. The molecule has 1 amide bonds. The Balaban J connectivity index is 2.40. The molecular formula is C13H13Cl2NO3. The Hall–Kier alpha value is -1.52. The molecule has 4 nitrogen and oxygen atoms in total. The first kappa shape index (κ1) is 15.5. The van der Waals surface area contributed by atoms with E-state index in [0.29, 0.717) is 10.0 Å². The maximum Gasteiger partial charge on any atom is 0.330 e. The van der Waals surface area contributed by atoms with Crippen molar-refractivity contribution in [2.24, 2.45) is 0 Å². The summed E-state index contributed by atoms with van der Waals surface area (Å²) in [7, 11) is 0. The Bertz CT molecular complexity index is 501. The van der Waals surface area contributed by atoms with Gasteiger partial charge >= 0.3 is 5.97 Å². The van der Waals surface area contributed by atoms with Gasteiger partial charge in [-0.1, -0.05) is 35.3 Å². The van der Waals surface area contributed by atoms with Crippen LogP contribution in [0.1, 0.15) is 12.5 Å². The zero-order chi connectivity index (χ0) is 14.3. The van der Waals surface area contributed by atoms with Crippen LogP contribution in [-0.2, 0) is 20.9 Å². The van der Waals surface area contributed by atoms with Crippen LogP contribution in [0.25, 0.3) is 0 Å². The molecule has 0 aliphatic heterocycles. The van der Waals surface area contributed by atoms with E-state index in [9.17, 15) is 9.59 Å². The third kappa shape index (κ3) is 5.77. The Kier molecular flexibility index (Phi) is 6.39. The van der Waals surface area contributed by atoms with Gasteiger partial charge in [-0.2, -0.15) is 0 Å². The molecule has 19 heavy (non-hydrogen) atoms. The molecular weight excluding hydrogens is 289 g/mol. The van der Waals surface area contributed by atoms with Gasteiger partial charge in [-0.25, -0.2) is 4.79 Å². The molecule has 1 rings (SSSR count). The number of benzene rings is 1. The van der Waals surface area contributed by atoms with Gasteiger partial charge in [-0.05, 0) is 24.6 Å². The van der Waals surface area contributed by atoms with Gasteiger partial charge in [0.1, 0.15) is 0 Å². The average Bonchev–Trinajstić information content (AvgIpc) is 2.35. The molecule has 0 heterocycles. The van der Waals surface area contributed by atoms with E-state index in [0.717, 1.165) is 5.56 Å². The first-order chi connectivity index (χ1) is 9.02. The zero-order valence-corrected chi connectivity index (χ0v) is 11.8. The second-order valence-electron chi connectivity index (χ2n) is 3.62. The number of ether oxygens (including phenoxy) is 1. The minimum absolute atomic E-state index is 0.246. The first-order valence-corrected chi connectivity index (χ1v) is 6.28. The number of carbonyl (C=O) groups excluding carboxylic acids is 2. The Morgan fingerprint density at radius 3 is 2.74 bits per heavy atom. The van der Waals surface area contributed by atoms with Crippen molar-refractivity contribution in [2.75, 3.05) is 6.61 Å². The molecule has 0 aliphatic carbocycles. The molecule has 6 heteroatoms. The molecule has 0 saturated carbocycles. The lowest BCUT2D eigenvalue weighted by Crippen LogP contribution is -2.28. The number of hydrogen-bond acceptors (Lipinski definition) is 3. The number of halogens is 2. The van der Waals surface area contributed by atoms with Crippen LogP contribution in [0.3, 0.4) is 0 Å². The van der Waals surface area contributed by atoms with Gasteiger partial charge in [-0.15, -0.1) is 0 Å².